The van der Waals surface area contributed by atoms with E-state index in [1.54, 1.807) is 0 Å². The van der Waals surface area contributed by atoms with E-state index >= 15 is 0 Å². The largest absolute Gasteiger partial charge is 0.508 e. The molecule has 0 aromatic heterocycles. The van der Waals surface area contributed by atoms with Gasteiger partial charge in [-0.05, 0) is 82.2 Å². The van der Waals surface area contributed by atoms with Gasteiger partial charge in [-0.1, -0.05) is 12.1 Å². The minimum atomic E-state index is -1.50. The number of phenolic OH excluding ortho intramolecular Hbond substituents is 1. The van der Waals surface area contributed by atoms with Crippen LogP contribution in [0, 0.1) is 0 Å². The zero-order valence-electron chi connectivity index (χ0n) is 28.1. The fourth-order valence-corrected chi connectivity index (χ4v) is 5.45. The summed E-state index contributed by atoms with van der Waals surface area (Å²) in [4.78, 5) is 79.2. The van der Waals surface area contributed by atoms with Crippen LogP contribution in [0.2, 0.25) is 0 Å². The van der Waals surface area contributed by atoms with Crippen LogP contribution in [-0.2, 0) is 35.2 Å². The standard InChI is InChI=1S/C32H52N8O10/c33-13-3-1-6-22(36-29(46)24(38-27(44)21(35)17-41)16-19-9-11-20(43)12-10-19)28(45)39-25(18-42)31(48)40-15-5-8-26(40)30(47)37-23(32(49)50)7-2-4-14-34/h9-12,21-26,41-43H,1-8,13-18,33-35H2,(H,36,46)(H,37,47)(H,38,44)(H,39,45)(H,49,50)/t21-,22-,23-,24-,25-,26-/m0/s1. The smallest absolute Gasteiger partial charge is 0.326 e. The Kier molecular flexibility index (Phi) is 18.1. The lowest BCUT2D eigenvalue weighted by atomic mass is 10.0. The van der Waals surface area contributed by atoms with Gasteiger partial charge in [0.15, 0.2) is 0 Å². The number of aromatic hydroxyl groups is 1. The number of nitrogens with zero attached hydrogens (tertiary/aromatic N) is 1. The molecule has 0 saturated carbocycles. The summed E-state index contributed by atoms with van der Waals surface area (Å²) in [7, 11) is 0. The number of amides is 5. The fraction of sp³-hybridized carbons (Fsp3) is 0.625. The molecule has 50 heavy (non-hydrogen) atoms. The summed E-state index contributed by atoms with van der Waals surface area (Å²) in [5.74, 6) is -5.12. The van der Waals surface area contributed by atoms with Crippen LogP contribution in [0.3, 0.4) is 0 Å². The Morgan fingerprint density at radius 3 is 1.88 bits per heavy atom. The van der Waals surface area contributed by atoms with Gasteiger partial charge in [-0.2, -0.15) is 0 Å². The molecule has 1 fully saturated rings. The van der Waals surface area contributed by atoms with Crippen molar-refractivity contribution in [2.24, 2.45) is 17.2 Å². The first kappa shape index (κ1) is 41.8. The minimum Gasteiger partial charge on any atom is -0.508 e. The van der Waals surface area contributed by atoms with Crippen molar-refractivity contribution in [3.8, 4) is 5.75 Å². The normalized spacial score (nSPS) is 17.1. The molecule has 14 N–H and O–H groups in total. The van der Waals surface area contributed by atoms with E-state index in [-0.39, 0.29) is 38.0 Å². The molecule has 280 valence electrons. The fourth-order valence-electron chi connectivity index (χ4n) is 5.45. The number of carbonyl (C=O) groups excluding carboxylic acids is 5. The number of phenols is 1. The minimum absolute atomic E-state index is 0.0191. The molecule has 0 spiro atoms. The zero-order chi connectivity index (χ0) is 37.2. The Bertz CT molecular complexity index is 1280. The highest BCUT2D eigenvalue weighted by Crippen LogP contribution is 2.20. The van der Waals surface area contributed by atoms with E-state index in [2.05, 4.69) is 21.3 Å². The van der Waals surface area contributed by atoms with Crippen LogP contribution in [-0.4, -0.2) is 130 Å². The first-order valence-corrected chi connectivity index (χ1v) is 16.8. The van der Waals surface area contributed by atoms with Crippen molar-refractivity contribution in [1.29, 1.82) is 0 Å². The van der Waals surface area contributed by atoms with E-state index < -0.39 is 85.0 Å². The quantitative estimate of drug-likeness (QED) is 0.0522. The zero-order valence-corrected chi connectivity index (χ0v) is 28.1. The SMILES string of the molecule is NCCCC[C@H](NC(=O)[C@@H]1CCCN1C(=O)[C@H](CO)NC(=O)[C@H](CCCCN)NC(=O)[C@H](Cc1ccc(O)cc1)NC(=O)[C@@H](N)CO)C(=O)O. The van der Waals surface area contributed by atoms with Crippen LogP contribution >= 0.6 is 0 Å². The number of carboxylic acids is 1. The van der Waals surface area contributed by atoms with Gasteiger partial charge in [0, 0.05) is 13.0 Å². The molecule has 0 radical (unpaired) electrons. The maximum atomic E-state index is 13.6. The Hall–Kier alpha value is -4.36. The van der Waals surface area contributed by atoms with Crippen molar-refractivity contribution >= 4 is 35.5 Å². The summed E-state index contributed by atoms with van der Waals surface area (Å²) < 4.78 is 0. The summed E-state index contributed by atoms with van der Waals surface area (Å²) in [6.45, 7) is -0.734. The predicted molar refractivity (Wildman–Crippen MR) is 180 cm³/mol. The lowest BCUT2D eigenvalue weighted by Crippen LogP contribution is -2.60. The second-order valence-corrected chi connectivity index (χ2v) is 12.2. The summed E-state index contributed by atoms with van der Waals surface area (Å²) in [6, 6.07) is -1.69. The van der Waals surface area contributed by atoms with Gasteiger partial charge in [0.05, 0.1) is 13.2 Å². The van der Waals surface area contributed by atoms with Crippen LogP contribution in [0.15, 0.2) is 24.3 Å². The Balaban J connectivity index is 2.21. The summed E-state index contributed by atoms with van der Waals surface area (Å²) in [5.41, 5.74) is 17.3. The summed E-state index contributed by atoms with van der Waals surface area (Å²) in [6.07, 6.45) is 2.76. The number of rotatable bonds is 22. The number of carbonyl (C=O) groups is 6. The Labute approximate surface area is 290 Å². The van der Waals surface area contributed by atoms with Gasteiger partial charge in [-0.3, -0.25) is 24.0 Å². The third-order valence-corrected chi connectivity index (χ3v) is 8.32. The average Bonchev–Trinajstić information content (AvgIpc) is 3.60. The summed E-state index contributed by atoms with van der Waals surface area (Å²) >= 11 is 0. The Morgan fingerprint density at radius 1 is 0.760 bits per heavy atom. The molecule has 0 aliphatic carbocycles. The maximum absolute atomic E-state index is 13.6. The van der Waals surface area contributed by atoms with Crippen molar-refractivity contribution in [3.05, 3.63) is 29.8 Å². The topological polar surface area (TPSA) is 313 Å². The van der Waals surface area contributed by atoms with E-state index in [4.69, 9.17) is 17.2 Å². The molecule has 1 heterocycles. The molecular formula is C32H52N8O10. The predicted octanol–water partition coefficient (Wildman–Crippen LogP) is -3.48. The van der Waals surface area contributed by atoms with Crippen LogP contribution in [0.5, 0.6) is 5.75 Å². The van der Waals surface area contributed by atoms with E-state index in [0.717, 1.165) is 0 Å². The van der Waals surface area contributed by atoms with Crippen molar-refractivity contribution in [3.63, 3.8) is 0 Å². The van der Waals surface area contributed by atoms with Crippen LogP contribution in [0.4, 0.5) is 0 Å². The van der Waals surface area contributed by atoms with Crippen molar-refractivity contribution in [1.82, 2.24) is 26.2 Å². The number of hydrogen-bond donors (Lipinski definition) is 11. The van der Waals surface area contributed by atoms with Crippen LogP contribution in [0.1, 0.15) is 56.9 Å². The monoisotopic (exact) mass is 708 g/mol. The molecule has 5 amide bonds. The van der Waals surface area contributed by atoms with Crippen molar-refractivity contribution in [2.75, 3.05) is 32.8 Å². The van der Waals surface area contributed by atoms with E-state index in [0.29, 0.717) is 50.8 Å². The number of aliphatic carboxylic acids is 1. The molecule has 1 aromatic carbocycles. The molecule has 1 aliphatic heterocycles. The molecule has 0 unspecified atom stereocenters. The molecule has 1 saturated heterocycles. The molecule has 6 atom stereocenters. The van der Waals surface area contributed by atoms with Gasteiger partial charge in [-0.15, -0.1) is 0 Å². The summed E-state index contributed by atoms with van der Waals surface area (Å²) in [5, 5.41) is 48.6. The second-order valence-electron chi connectivity index (χ2n) is 12.2. The third kappa shape index (κ3) is 13.2. The Morgan fingerprint density at radius 2 is 1.32 bits per heavy atom. The number of aliphatic hydroxyl groups is 2. The van der Waals surface area contributed by atoms with Gasteiger partial charge >= 0.3 is 5.97 Å². The van der Waals surface area contributed by atoms with Crippen LogP contribution in [0.25, 0.3) is 0 Å². The molecule has 18 nitrogen and oxygen atoms in total. The lowest BCUT2D eigenvalue weighted by molar-refractivity contribution is -0.145. The van der Waals surface area contributed by atoms with Crippen molar-refractivity contribution in [2.45, 2.75) is 94.0 Å². The van der Waals surface area contributed by atoms with Gasteiger partial charge in [0.25, 0.3) is 0 Å². The molecule has 1 aromatic rings. The number of unbranched alkanes of at least 4 members (excludes halogenated alkanes) is 2. The molecule has 2 rings (SSSR count). The number of benzene rings is 1. The van der Waals surface area contributed by atoms with E-state index in [1.807, 2.05) is 0 Å². The third-order valence-electron chi connectivity index (χ3n) is 8.32. The number of likely N-dealkylation sites (tertiary alicyclic amines) is 1. The number of hydrogen-bond acceptors (Lipinski definition) is 12. The van der Waals surface area contributed by atoms with E-state index in [1.165, 1.54) is 29.2 Å². The molecular weight excluding hydrogens is 656 g/mol. The number of carboxylic acid groups (broad SMARTS) is 1. The molecule has 18 heteroatoms. The van der Waals surface area contributed by atoms with Gasteiger partial charge < -0.3 is 63.8 Å². The van der Waals surface area contributed by atoms with Gasteiger partial charge in [-0.25, -0.2) is 4.79 Å². The first-order chi connectivity index (χ1) is 23.9. The average molecular weight is 709 g/mol. The first-order valence-electron chi connectivity index (χ1n) is 16.8. The number of aliphatic hydroxyl groups excluding tert-OH is 2. The lowest BCUT2D eigenvalue weighted by Gasteiger charge is -2.30. The van der Waals surface area contributed by atoms with Crippen molar-refractivity contribution < 1.29 is 49.2 Å². The van der Waals surface area contributed by atoms with Gasteiger partial charge in [0.2, 0.25) is 29.5 Å². The second kappa shape index (κ2) is 21.7. The highest BCUT2D eigenvalue weighted by atomic mass is 16.4. The van der Waals surface area contributed by atoms with E-state index in [9.17, 15) is 49.2 Å². The number of nitrogens with two attached hydrogens (primary N) is 3. The highest BCUT2D eigenvalue weighted by molar-refractivity contribution is 5.96. The van der Waals surface area contributed by atoms with Gasteiger partial charge in [0.1, 0.15) is 42.0 Å². The van der Waals surface area contributed by atoms with Crippen LogP contribution < -0.4 is 38.5 Å². The molecule has 1 aliphatic rings. The highest BCUT2D eigenvalue weighted by Gasteiger charge is 2.39. The number of nitrogens with one attached hydrogen (secondary N) is 4. The molecule has 0 bridgehead atoms. The maximum Gasteiger partial charge on any atom is 0.326 e.